The Bertz CT molecular complexity index is 362. The van der Waals surface area contributed by atoms with Gasteiger partial charge in [0.15, 0.2) is 0 Å². The molecule has 1 N–H and O–H groups in total. The van der Waals surface area contributed by atoms with Crippen molar-refractivity contribution in [2.24, 2.45) is 0 Å². The third-order valence-electron chi connectivity index (χ3n) is 4.20. The number of amides is 1. The van der Waals surface area contributed by atoms with Crippen molar-refractivity contribution < 1.29 is 19.0 Å². The highest BCUT2D eigenvalue weighted by Gasteiger charge is 2.31. The average Bonchev–Trinajstić information content (AvgIpc) is 2.47. The van der Waals surface area contributed by atoms with E-state index in [1.807, 2.05) is 20.8 Å². The van der Waals surface area contributed by atoms with Crippen LogP contribution in [0, 0.1) is 0 Å². The highest BCUT2D eigenvalue weighted by Crippen LogP contribution is 2.18. The largest absolute Gasteiger partial charge is 0.444 e. The first-order valence-corrected chi connectivity index (χ1v) is 8.23. The summed E-state index contributed by atoms with van der Waals surface area (Å²) in [5.74, 6) is 0. The lowest BCUT2D eigenvalue weighted by atomic mass is 10.00. The van der Waals surface area contributed by atoms with Crippen LogP contribution in [0.1, 0.15) is 40.0 Å². The molecular weight excluding hydrogens is 284 g/mol. The van der Waals surface area contributed by atoms with E-state index >= 15 is 0 Å². The Hall–Kier alpha value is -0.850. The number of hydrogen-bond donors (Lipinski definition) is 1. The topological polar surface area (TPSA) is 60.0 Å². The van der Waals surface area contributed by atoms with Crippen LogP contribution in [0.2, 0.25) is 0 Å². The highest BCUT2D eigenvalue weighted by molar-refractivity contribution is 5.68. The van der Waals surface area contributed by atoms with Crippen LogP contribution < -0.4 is 5.32 Å². The molecule has 6 heteroatoms. The molecule has 0 bridgehead atoms. The van der Waals surface area contributed by atoms with Gasteiger partial charge in [-0.05, 0) is 40.0 Å². The SMILES string of the molecule is CO[C@H]1COCCC1NC1CCN(C(=O)OC(C)(C)C)CC1. The summed E-state index contributed by atoms with van der Waals surface area (Å²) in [5.41, 5.74) is -0.431. The zero-order valence-electron chi connectivity index (χ0n) is 14.3. The van der Waals surface area contributed by atoms with Gasteiger partial charge in [0.05, 0.1) is 12.7 Å². The Kier molecular flexibility index (Phi) is 6.06. The first kappa shape index (κ1) is 17.5. The maximum Gasteiger partial charge on any atom is 0.410 e. The van der Waals surface area contributed by atoms with Crippen molar-refractivity contribution in [3.8, 4) is 0 Å². The molecule has 0 aromatic rings. The lowest BCUT2D eigenvalue weighted by molar-refractivity contribution is -0.0537. The van der Waals surface area contributed by atoms with Crippen molar-refractivity contribution in [2.75, 3.05) is 33.4 Å². The number of nitrogens with one attached hydrogen (secondary N) is 1. The maximum absolute atomic E-state index is 12.1. The van der Waals surface area contributed by atoms with E-state index in [0.29, 0.717) is 18.7 Å². The number of carbonyl (C=O) groups is 1. The molecule has 2 atom stereocenters. The normalized spacial score (nSPS) is 27.7. The highest BCUT2D eigenvalue weighted by atomic mass is 16.6. The van der Waals surface area contributed by atoms with E-state index in [0.717, 1.165) is 39.0 Å². The van der Waals surface area contributed by atoms with Gasteiger partial charge < -0.3 is 24.4 Å². The van der Waals surface area contributed by atoms with Gasteiger partial charge in [-0.15, -0.1) is 0 Å². The fraction of sp³-hybridized carbons (Fsp3) is 0.938. The molecule has 22 heavy (non-hydrogen) atoms. The van der Waals surface area contributed by atoms with E-state index < -0.39 is 5.60 Å². The fourth-order valence-corrected chi connectivity index (χ4v) is 2.99. The third-order valence-corrected chi connectivity index (χ3v) is 4.20. The zero-order valence-corrected chi connectivity index (χ0v) is 14.3. The predicted molar refractivity (Wildman–Crippen MR) is 84.0 cm³/mol. The third kappa shape index (κ3) is 5.11. The van der Waals surface area contributed by atoms with Crippen LogP contribution in [-0.4, -0.2) is 68.2 Å². The number of rotatable bonds is 3. The number of hydrogen-bond acceptors (Lipinski definition) is 5. The van der Waals surface area contributed by atoms with Crippen LogP contribution >= 0.6 is 0 Å². The molecule has 2 fully saturated rings. The van der Waals surface area contributed by atoms with Gasteiger partial charge in [0.1, 0.15) is 5.60 Å². The minimum Gasteiger partial charge on any atom is -0.444 e. The number of ether oxygens (including phenoxy) is 3. The summed E-state index contributed by atoms with van der Waals surface area (Å²) in [7, 11) is 1.74. The molecule has 2 heterocycles. The Morgan fingerprint density at radius 3 is 2.50 bits per heavy atom. The van der Waals surface area contributed by atoms with Crippen LogP contribution in [0.3, 0.4) is 0 Å². The number of nitrogens with zero attached hydrogens (tertiary/aromatic N) is 1. The van der Waals surface area contributed by atoms with Crippen molar-refractivity contribution in [1.82, 2.24) is 10.2 Å². The Balaban J connectivity index is 1.76. The van der Waals surface area contributed by atoms with Crippen molar-refractivity contribution >= 4 is 6.09 Å². The summed E-state index contributed by atoms with van der Waals surface area (Å²) < 4.78 is 16.4. The maximum atomic E-state index is 12.1. The molecule has 128 valence electrons. The lowest BCUT2D eigenvalue weighted by Crippen LogP contribution is -2.54. The average molecular weight is 314 g/mol. The molecule has 2 rings (SSSR count). The number of methoxy groups -OCH3 is 1. The van der Waals surface area contributed by atoms with Gasteiger partial charge in [0.2, 0.25) is 0 Å². The van der Waals surface area contributed by atoms with Crippen molar-refractivity contribution in [2.45, 2.75) is 63.8 Å². The molecule has 1 unspecified atom stereocenters. The van der Waals surface area contributed by atoms with Crippen LogP contribution in [0.4, 0.5) is 4.79 Å². The second-order valence-electron chi connectivity index (χ2n) is 7.15. The molecule has 0 aliphatic carbocycles. The second kappa shape index (κ2) is 7.62. The minimum atomic E-state index is -0.431. The molecule has 0 aromatic heterocycles. The quantitative estimate of drug-likeness (QED) is 0.860. The summed E-state index contributed by atoms with van der Waals surface area (Å²) in [5, 5.41) is 3.68. The molecule has 2 aliphatic heterocycles. The molecule has 0 radical (unpaired) electrons. The standard InChI is InChI=1S/C16H30N2O4/c1-16(2,3)22-15(19)18-8-5-12(6-9-18)17-13-7-10-21-11-14(13)20-4/h12-14,17H,5-11H2,1-4H3/t13?,14-/m0/s1. The molecule has 0 aromatic carbocycles. The number of likely N-dealkylation sites (tertiary alicyclic amines) is 1. The van der Waals surface area contributed by atoms with E-state index in [1.165, 1.54) is 0 Å². The molecular formula is C16H30N2O4. The van der Waals surface area contributed by atoms with Crippen LogP contribution in [0.5, 0.6) is 0 Å². The summed E-state index contributed by atoms with van der Waals surface area (Å²) in [6, 6.07) is 0.774. The Labute approximate surface area is 133 Å². The molecule has 1 amide bonds. The van der Waals surface area contributed by atoms with Gasteiger partial charge in [-0.3, -0.25) is 0 Å². The Morgan fingerprint density at radius 1 is 1.23 bits per heavy atom. The van der Waals surface area contributed by atoms with Gasteiger partial charge in [-0.2, -0.15) is 0 Å². The predicted octanol–water partition coefficient (Wildman–Crippen LogP) is 1.78. The van der Waals surface area contributed by atoms with E-state index in [9.17, 15) is 4.79 Å². The van der Waals surface area contributed by atoms with E-state index in [-0.39, 0.29) is 12.2 Å². The summed E-state index contributed by atoms with van der Waals surface area (Å²) in [6.07, 6.45) is 2.80. The fourth-order valence-electron chi connectivity index (χ4n) is 2.99. The second-order valence-corrected chi connectivity index (χ2v) is 7.15. The van der Waals surface area contributed by atoms with Gasteiger partial charge >= 0.3 is 6.09 Å². The van der Waals surface area contributed by atoms with Gasteiger partial charge in [-0.1, -0.05) is 0 Å². The lowest BCUT2D eigenvalue weighted by Gasteiger charge is -2.38. The first-order valence-electron chi connectivity index (χ1n) is 8.23. The smallest absolute Gasteiger partial charge is 0.410 e. The van der Waals surface area contributed by atoms with Crippen LogP contribution in [0.25, 0.3) is 0 Å². The van der Waals surface area contributed by atoms with E-state index in [1.54, 1.807) is 12.0 Å². The van der Waals surface area contributed by atoms with E-state index in [4.69, 9.17) is 14.2 Å². The molecule has 0 spiro atoms. The number of carbonyl (C=O) groups excluding carboxylic acids is 1. The van der Waals surface area contributed by atoms with Crippen LogP contribution in [-0.2, 0) is 14.2 Å². The van der Waals surface area contributed by atoms with Crippen molar-refractivity contribution in [3.05, 3.63) is 0 Å². The summed E-state index contributed by atoms with van der Waals surface area (Å²) >= 11 is 0. The molecule has 0 saturated carbocycles. The van der Waals surface area contributed by atoms with Crippen LogP contribution in [0.15, 0.2) is 0 Å². The Morgan fingerprint density at radius 2 is 1.91 bits per heavy atom. The van der Waals surface area contributed by atoms with E-state index in [2.05, 4.69) is 5.32 Å². The van der Waals surface area contributed by atoms with Gasteiger partial charge in [-0.25, -0.2) is 4.79 Å². The minimum absolute atomic E-state index is 0.123. The number of piperidine rings is 1. The van der Waals surface area contributed by atoms with Crippen molar-refractivity contribution in [1.29, 1.82) is 0 Å². The summed E-state index contributed by atoms with van der Waals surface area (Å²) in [6.45, 7) is 8.62. The summed E-state index contributed by atoms with van der Waals surface area (Å²) in [4.78, 5) is 13.9. The molecule has 2 aliphatic rings. The molecule has 6 nitrogen and oxygen atoms in total. The molecule has 2 saturated heterocycles. The van der Waals surface area contributed by atoms with Gasteiger partial charge in [0.25, 0.3) is 0 Å². The first-order chi connectivity index (χ1) is 10.4. The van der Waals surface area contributed by atoms with Gasteiger partial charge in [0, 0.05) is 38.9 Å². The van der Waals surface area contributed by atoms with Crippen molar-refractivity contribution in [3.63, 3.8) is 0 Å². The zero-order chi connectivity index (χ0) is 16.2. The monoisotopic (exact) mass is 314 g/mol.